The van der Waals surface area contributed by atoms with Crippen LogP contribution in [0.5, 0.6) is 0 Å². The van der Waals surface area contributed by atoms with Gasteiger partial charge in [-0.2, -0.15) is 0 Å². The number of rotatable bonds is 2. The molecule has 0 aliphatic rings. The largest absolute Gasteiger partial charge is 0.367 e. The average molecular weight is 368 g/mol. The summed E-state index contributed by atoms with van der Waals surface area (Å²) < 4.78 is 18.9. The zero-order valence-corrected chi connectivity index (χ0v) is 13.0. The van der Waals surface area contributed by atoms with E-state index in [1.165, 1.54) is 12.1 Å². The fraction of sp³-hybridized carbons (Fsp3) is 0. The van der Waals surface area contributed by atoms with Crippen molar-refractivity contribution in [3.63, 3.8) is 0 Å². The van der Waals surface area contributed by atoms with E-state index in [9.17, 15) is 4.39 Å². The topological polar surface area (TPSA) is 52.0 Å². The van der Waals surface area contributed by atoms with E-state index in [2.05, 4.69) is 21.1 Å². The van der Waals surface area contributed by atoms with Crippen molar-refractivity contribution < 1.29 is 8.91 Å². The first kappa shape index (κ1) is 14.1. The Morgan fingerprint density at radius 1 is 1.14 bits per heavy atom. The van der Waals surface area contributed by atoms with Crippen LogP contribution in [0.25, 0.3) is 22.4 Å². The van der Waals surface area contributed by atoms with E-state index in [-0.39, 0.29) is 11.7 Å². The molecule has 21 heavy (non-hydrogen) atoms. The molecule has 3 nitrogen and oxygen atoms in total. The number of anilines is 1. The normalized spacial score (nSPS) is 10.8. The Labute approximate surface area is 133 Å². The van der Waals surface area contributed by atoms with Crippen molar-refractivity contribution in [2.24, 2.45) is 0 Å². The van der Waals surface area contributed by atoms with Gasteiger partial charge in [0.25, 0.3) is 0 Å². The van der Waals surface area contributed by atoms with Gasteiger partial charge in [0.2, 0.25) is 5.88 Å². The second-order valence-electron chi connectivity index (χ2n) is 4.40. The molecule has 0 spiro atoms. The summed E-state index contributed by atoms with van der Waals surface area (Å²) in [5.74, 6) is -0.138. The number of nitrogens with two attached hydrogens (primary N) is 1. The molecule has 0 bridgehead atoms. The highest BCUT2D eigenvalue weighted by Crippen LogP contribution is 2.39. The third-order valence-electron chi connectivity index (χ3n) is 3.04. The molecule has 0 aliphatic carbocycles. The predicted octanol–water partition coefficient (Wildman–Crippen LogP) is 5.15. The number of hydrogen-bond donors (Lipinski definition) is 1. The van der Waals surface area contributed by atoms with Crippen LogP contribution in [0.1, 0.15) is 0 Å². The van der Waals surface area contributed by atoms with E-state index in [0.717, 1.165) is 15.6 Å². The minimum absolute atomic E-state index is 0.179. The van der Waals surface area contributed by atoms with Crippen molar-refractivity contribution in [2.75, 3.05) is 5.73 Å². The molecule has 0 radical (unpaired) electrons. The summed E-state index contributed by atoms with van der Waals surface area (Å²) in [7, 11) is 0. The van der Waals surface area contributed by atoms with Crippen LogP contribution < -0.4 is 5.73 Å². The molecule has 0 fully saturated rings. The number of hydrogen-bond acceptors (Lipinski definition) is 3. The molecule has 2 N–H and O–H groups in total. The summed E-state index contributed by atoms with van der Waals surface area (Å²) in [6, 6.07) is 11.3. The minimum Gasteiger partial charge on any atom is -0.367 e. The van der Waals surface area contributed by atoms with Gasteiger partial charge in [0.15, 0.2) is 0 Å². The predicted molar refractivity (Wildman–Crippen MR) is 84.5 cm³/mol. The summed E-state index contributed by atoms with van der Waals surface area (Å²) in [4.78, 5) is 0. The number of benzene rings is 2. The molecule has 3 rings (SSSR count). The Hall–Kier alpha value is -1.85. The maximum atomic E-state index is 13.1. The molecule has 1 heterocycles. The zero-order chi connectivity index (χ0) is 15.0. The van der Waals surface area contributed by atoms with E-state index in [1.54, 1.807) is 24.3 Å². The van der Waals surface area contributed by atoms with Crippen LogP contribution in [0.15, 0.2) is 51.5 Å². The fourth-order valence-corrected chi connectivity index (χ4v) is 2.93. The van der Waals surface area contributed by atoms with E-state index in [4.69, 9.17) is 21.9 Å². The van der Waals surface area contributed by atoms with E-state index >= 15 is 0 Å². The van der Waals surface area contributed by atoms with Gasteiger partial charge in [-0.3, -0.25) is 0 Å². The molecule has 0 amide bonds. The lowest BCUT2D eigenvalue weighted by atomic mass is 10.0. The lowest BCUT2D eigenvalue weighted by Gasteiger charge is -2.05. The molecule has 0 aliphatic heterocycles. The number of aromatic nitrogens is 1. The van der Waals surface area contributed by atoms with Gasteiger partial charge < -0.3 is 10.3 Å². The molecule has 0 saturated heterocycles. The minimum atomic E-state index is -0.317. The maximum absolute atomic E-state index is 13.1. The van der Waals surface area contributed by atoms with Crippen molar-refractivity contribution in [1.82, 2.24) is 5.16 Å². The van der Waals surface area contributed by atoms with Crippen LogP contribution in [0.2, 0.25) is 5.02 Å². The van der Waals surface area contributed by atoms with Crippen LogP contribution in [0.3, 0.4) is 0 Å². The van der Waals surface area contributed by atoms with Crippen LogP contribution in [-0.2, 0) is 0 Å². The summed E-state index contributed by atoms with van der Waals surface area (Å²) in [5, 5.41) is 4.61. The van der Waals surface area contributed by atoms with Crippen LogP contribution in [-0.4, -0.2) is 5.16 Å². The van der Waals surface area contributed by atoms with Gasteiger partial charge in [0, 0.05) is 15.1 Å². The highest BCUT2D eigenvalue weighted by Gasteiger charge is 2.19. The quantitative estimate of drug-likeness (QED) is 0.682. The summed E-state index contributed by atoms with van der Waals surface area (Å²) >= 11 is 9.39. The standard InChI is InChI=1S/C15H9BrClFN2O/c16-12-7-9(17)3-6-11(12)14-13(15(19)21-20-14)8-1-4-10(18)5-2-8/h1-7H,19H2. The molecular weight excluding hydrogens is 359 g/mol. The summed E-state index contributed by atoms with van der Waals surface area (Å²) in [5.41, 5.74) is 8.58. The first-order valence-electron chi connectivity index (χ1n) is 6.03. The van der Waals surface area contributed by atoms with Crippen LogP contribution >= 0.6 is 27.5 Å². The molecule has 1 aromatic heterocycles. The molecular formula is C15H9BrClFN2O. The Balaban J connectivity index is 2.19. The zero-order valence-electron chi connectivity index (χ0n) is 10.6. The Morgan fingerprint density at radius 3 is 2.52 bits per heavy atom. The number of nitrogen functional groups attached to an aromatic ring is 1. The van der Waals surface area contributed by atoms with Gasteiger partial charge >= 0.3 is 0 Å². The smallest absolute Gasteiger partial charge is 0.230 e. The van der Waals surface area contributed by atoms with Crippen molar-refractivity contribution in [3.8, 4) is 22.4 Å². The van der Waals surface area contributed by atoms with Crippen molar-refractivity contribution >= 4 is 33.4 Å². The Bertz CT molecular complexity index is 802. The third-order valence-corrected chi connectivity index (χ3v) is 3.93. The van der Waals surface area contributed by atoms with Crippen LogP contribution in [0, 0.1) is 5.82 Å². The molecule has 0 atom stereocenters. The van der Waals surface area contributed by atoms with Crippen LogP contribution in [0.4, 0.5) is 10.3 Å². The molecule has 3 aromatic rings. The van der Waals surface area contributed by atoms with Gasteiger partial charge in [-0.1, -0.05) is 50.9 Å². The molecule has 0 unspecified atom stereocenters. The van der Waals surface area contributed by atoms with Gasteiger partial charge in [-0.25, -0.2) is 4.39 Å². The van der Waals surface area contributed by atoms with E-state index < -0.39 is 0 Å². The molecule has 6 heteroatoms. The van der Waals surface area contributed by atoms with Gasteiger partial charge in [-0.15, -0.1) is 0 Å². The van der Waals surface area contributed by atoms with Gasteiger partial charge in [0.05, 0.1) is 5.56 Å². The van der Waals surface area contributed by atoms with Gasteiger partial charge in [0.1, 0.15) is 11.5 Å². The monoisotopic (exact) mass is 366 g/mol. The second kappa shape index (κ2) is 5.50. The van der Waals surface area contributed by atoms with Crippen molar-refractivity contribution in [1.29, 1.82) is 0 Å². The van der Waals surface area contributed by atoms with E-state index in [0.29, 0.717) is 16.3 Å². The Kier molecular flexibility index (Phi) is 3.69. The SMILES string of the molecule is Nc1onc(-c2ccc(Cl)cc2Br)c1-c1ccc(F)cc1. The fourth-order valence-electron chi connectivity index (χ4n) is 2.06. The lowest BCUT2D eigenvalue weighted by Crippen LogP contribution is -1.89. The summed E-state index contributed by atoms with van der Waals surface area (Å²) in [6.45, 7) is 0. The van der Waals surface area contributed by atoms with Crippen molar-refractivity contribution in [2.45, 2.75) is 0 Å². The summed E-state index contributed by atoms with van der Waals surface area (Å²) in [6.07, 6.45) is 0. The first-order chi connectivity index (χ1) is 10.1. The molecule has 2 aromatic carbocycles. The van der Waals surface area contributed by atoms with Crippen molar-refractivity contribution in [3.05, 3.63) is 57.8 Å². The number of halogens is 3. The molecule has 0 saturated carbocycles. The number of nitrogens with zero attached hydrogens (tertiary/aromatic N) is 1. The average Bonchev–Trinajstić information content (AvgIpc) is 2.82. The first-order valence-corrected chi connectivity index (χ1v) is 7.20. The second-order valence-corrected chi connectivity index (χ2v) is 5.69. The maximum Gasteiger partial charge on any atom is 0.230 e. The van der Waals surface area contributed by atoms with Gasteiger partial charge in [-0.05, 0) is 29.8 Å². The third kappa shape index (κ3) is 2.66. The molecule has 106 valence electrons. The highest BCUT2D eigenvalue weighted by molar-refractivity contribution is 9.10. The Morgan fingerprint density at radius 2 is 1.86 bits per heavy atom. The van der Waals surface area contributed by atoms with E-state index in [1.807, 2.05) is 6.07 Å². The highest BCUT2D eigenvalue weighted by atomic mass is 79.9. The lowest BCUT2D eigenvalue weighted by molar-refractivity contribution is 0.439.